The molecule has 1 unspecified atom stereocenters. The quantitative estimate of drug-likeness (QED) is 0.621. The van der Waals surface area contributed by atoms with E-state index < -0.39 is 22.6 Å². The van der Waals surface area contributed by atoms with Crippen LogP contribution in [0.2, 0.25) is 0 Å². The van der Waals surface area contributed by atoms with Gasteiger partial charge in [0.1, 0.15) is 22.6 Å². The number of benzene rings is 1. The highest BCUT2D eigenvalue weighted by molar-refractivity contribution is 7.85. The van der Waals surface area contributed by atoms with Crippen LogP contribution in [0.4, 0.5) is 25.0 Å². The number of aliphatic hydroxyl groups excluding tert-OH is 1. The fraction of sp³-hybridized carbons (Fsp3) is 0.619. The van der Waals surface area contributed by atoms with E-state index in [1.165, 1.54) is 6.26 Å². The molecule has 8 nitrogen and oxygen atoms in total. The third-order valence-corrected chi connectivity index (χ3v) is 5.56. The second-order valence-electron chi connectivity index (χ2n) is 8.08. The number of nitrogens with zero attached hydrogens (tertiary/aromatic N) is 2. The third-order valence-electron chi connectivity index (χ3n) is 5.06. The number of amides is 1. The summed E-state index contributed by atoms with van der Waals surface area (Å²) in [6.45, 7) is 5.90. The summed E-state index contributed by atoms with van der Waals surface area (Å²) >= 11 is 0. The molecule has 32 heavy (non-hydrogen) atoms. The molecule has 1 atom stereocenters. The van der Waals surface area contributed by atoms with Crippen molar-refractivity contribution in [1.29, 1.82) is 5.41 Å². The molecule has 1 aromatic rings. The average molecular weight is 475 g/mol. The van der Waals surface area contributed by atoms with Crippen LogP contribution in [0.15, 0.2) is 12.1 Å². The Hall–Kier alpha value is -2.27. The molecule has 2 heterocycles. The number of piperidine rings is 2. The summed E-state index contributed by atoms with van der Waals surface area (Å²) in [7, 11) is -1.45. The Balaban J connectivity index is 0.000000244. The van der Waals surface area contributed by atoms with Gasteiger partial charge in [-0.25, -0.2) is 17.8 Å². The monoisotopic (exact) mass is 474 g/mol. The third kappa shape index (κ3) is 8.01. The minimum Gasteiger partial charge on any atom is -0.447 e. The highest BCUT2D eigenvalue weighted by Crippen LogP contribution is 2.28. The van der Waals surface area contributed by atoms with E-state index >= 15 is 0 Å². The van der Waals surface area contributed by atoms with Gasteiger partial charge in [-0.3, -0.25) is 0 Å². The number of nitrogens with one attached hydrogen (secondary N) is 2. The molecular formula is C21H32F2N4O4S. The van der Waals surface area contributed by atoms with E-state index in [1.807, 2.05) is 13.8 Å². The Morgan fingerprint density at radius 2 is 1.78 bits per heavy atom. The van der Waals surface area contributed by atoms with E-state index in [0.29, 0.717) is 57.6 Å². The number of rotatable bonds is 4. The summed E-state index contributed by atoms with van der Waals surface area (Å²) in [4.78, 5) is 14.7. The van der Waals surface area contributed by atoms with Crippen molar-refractivity contribution in [2.75, 3.05) is 42.1 Å². The van der Waals surface area contributed by atoms with Crippen molar-refractivity contribution in [3.05, 3.63) is 23.8 Å². The van der Waals surface area contributed by atoms with Gasteiger partial charge < -0.3 is 29.8 Å². The van der Waals surface area contributed by atoms with Gasteiger partial charge in [-0.15, -0.1) is 0 Å². The van der Waals surface area contributed by atoms with Crippen LogP contribution in [0.5, 0.6) is 0 Å². The molecule has 180 valence electrons. The van der Waals surface area contributed by atoms with Crippen molar-refractivity contribution in [2.45, 2.75) is 51.7 Å². The van der Waals surface area contributed by atoms with Gasteiger partial charge in [-0.1, -0.05) is 0 Å². The van der Waals surface area contributed by atoms with Gasteiger partial charge in [0, 0.05) is 63.1 Å². The molecule has 0 saturated carbocycles. The van der Waals surface area contributed by atoms with Crippen molar-refractivity contribution >= 4 is 34.2 Å². The van der Waals surface area contributed by atoms with Crippen molar-refractivity contribution in [3.63, 3.8) is 0 Å². The van der Waals surface area contributed by atoms with Gasteiger partial charge in [0.05, 0.1) is 23.6 Å². The maximum Gasteiger partial charge on any atom is 0.410 e. The van der Waals surface area contributed by atoms with Crippen LogP contribution in [0, 0.1) is 17.0 Å². The lowest BCUT2D eigenvalue weighted by Crippen LogP contribution is -2.41. The molecule has 1 amide bonds. The summed E-state index contributed by atoms with van der Waals surface area (Å²) < 4.78 is 46.1. The second-order valence-corrected chi connectivity index (χ2v) is 9.19. The molecule has 1 aromatic carbocycles. The molecular weight excluding hydrogens is 442 g/mol. The standard InChI is InChI=1S/C12H15F2N3OS.C9H17NO3/c1-19(18)16-11-6-10(14)12(7-9(11)13)17-4-2-8(15)3-5-17;1-7(2)13-9(12)10-5-3-8(11)4-6-10/h6-7,15-16H,2-5H2,1H3;7-8,11H,3-6H2,1-2H3. The smallest absolute Gasteiger partial charge is 0.410 e. The van der Waals surface area contributed by atoms with Crippen molar-refractivity contribution < 1.29 is 27.6 Å². The van der Waals surface area contributed by atoms with E-state index in [4.69, 9.17) is 10.1 Å². The van der Waals surface area contributed by atoms with Gasteiger partial charge in [0.2, 0.25) is 0 Å². The van der Waals surface area contributed by atoms with E-state index in [2.05, 4.69) is 4.72 Å². The first-order valence-corrected chi connectivity index (χ1v) is 12.2. The van der Waals surface area contributed by atoms with Crippen LogP contribution in [0.3, 0.4) is 0 Å². The zero-order valence-corrected chi connectivity index (χ0v) is 19.5. The first kappa shape index (κ1) is 26.0. The summed E-state index contributed by atoms with van der Waals surface area (Å²) in [5.74, 6) is -1.19. The number of aliphatic hydroxyl groups is 1. The van der Waals surface area contributed by atoms with Gasteiger partial charge in [0.15, 0.2) is 0 Å². The normalized spacial score (nSPS) is 18.2. The molecule has 0 aromatic heterocycles. The number of carbonyl (C=O) groups excluding carboxylic acids is 1. The Kier molecular flexibility index (Phi) is 9.83. The van der Waals surface area contributed by atoms with Crippen LogP contribution in [-0.4, -0.2) is 70.7 Å². The van der Waals surface area contributed by atoms with Crippen LogP contribution >= 0.6 is 0 Å². The lowest BCUT2D eigenvalue weighted by molar-refractivity contribution is 0.0457. The van der Waals surface area contributed by atoms with Gasteiger partial charge in [-0.2, -0.15) is 0 Å². The van der Waals surface area contributed by atoms with Crippen molar-refractivity contribution in [2.24, 2.45) is 0 Å². The Morgan fingerprint density at radius 1 is 1.19 bits per heavy atom. The number of hydrogen-bond acceptors (Lipinski definition) is 6. The largest absolute Gasteiger partial charge is 0.447 e. The van der Waals surface area contributed by atoms with Gasteiger partial charge in [-0.05, 0) is 26.7 Å². The fourth-order valence-electron chi connectivity index (χ4n) is 3.35. The van der Waals surface area contributed by atoms with Crippen molar-refractivity contribution in [3.8, 4) is 0 Å². The molecule has 2 aliphatic heterocycles. The molecule has 2 fully saturated rings. The second kappa shape index (κ2) is 12.1. The minimum atomic E-state index is -1.45. The van der Waals surface area contributed by atoms with E-state index in [0.717, 1.165) is 12.1 Å². The van der Waals surface area contributed by atoms with E-state index in [-0.39, 0.29) is 29.7 Å². The Morgan fingerprint density at radius 3 is 2.31 bits per heavy atom. The number of halogens is 2. The predicted molar refractivity (Wildman–Crippen MR) is 122 cm³/mol. The minimum absolute atomic E-state index is 0.0700. The fourth-order valence-corrected chi connectivity index (χ4v) is 3.82. The highest BCUT2D eigenvalue weighted by atomic mass is 32.2. The summed E-state index contributed by atoms with van der Waals surface area (Å²) in [5, 5.41) is 16.7. The number of likely N-dealkylation sites (tertiary alicyclic amines) is 1. The molecule has 11 heteroatoms. The number of carbonyl (C=O) groups is 1. The zero-order chi connectivity index (χ0) is 23.8. The number of anilines is 2. The van der Waals surface area contributed by atoms with Crippen LogP contribution in [0.25, 0.3) is 0 Å². The molecule has 3 N–H and O–H groups in total. The maximum atomic E-state index is 14.0. The molecule has 0 bridgehead atoms. The number of hydrogen-bond donors (Lipinski definition) is 3. The Bertz CT molecular complexity index is 822. The zero-order valence-electron chi connectivity index (χ0n) is 18.7. The van der Waals surface area contributed by atoms with Crippen LogP contribution in [0.1, 0.15) is 39.5 Å². The summed E-state index contributed by atoms with van der Waals surface area (Å²) in [6, 6.07) is 2.13. The molecule has 2 aliphatic rings. The predicted octanol–water partition coefficient (Wildman–Crippen LogP) is 3.28. The Labute approximate surface area is 190 Å². The van der Waals surface area contributed by atoms with Gasteiger partial charge in [0.25, 0.3) is 0 Å². The van der Waals surface area contributed by atoms with Crippen LogP contribution < -0.4 is 9.62 Å². The highest BCUT2D eigenvalue weighted by Gasteiger charge is 2.23. The van der Waals surface area contributed by atoms with Crippen LogP contribution in [-0.2, 0) is 15.7 Å². The SMILES string of the molecule is CC(C)OC(=O)N1CCC(O)CC1.CS(=O)Nc1cc(F)c(N2CCC(=N)CC2)cc1F. The maximum absolute atomic E-state index is 14.0. The first-order chi connectivity index (χ1) is 15.1. The number of ether oxygens (including phenoxy) is 1. The van der Waals surface area contributed by atoms with E-state index in [1.54, 1.807) is 9.80 Å². The topological polar surface area (TPSA) is 106 Å². The van der Waals surface area contributed by atoms with Crippen molar-refractivity contribution in [1.82, 2.24) is 4.90 Å². The summed E-state index contributed by atoms with van der Waals surface area (Å²) in [5.41, 5.74) is 0.723. The lowest BCUT2D eigenvalue weighted by atomic mass is 10.1. The average Bonchev–Trinajstić information content (AvgIpc) is 2.71. The molecule has 3 rings (SSSR count). The first-order valence-electron chi connectivity index (χ1n) is 10.6. The summed E-state index contributed by atoms with van der Waals surface area (Å²) in [6.07, 6.45) is 3.23. The molecule has 2 saturated heterocycles. The molecule has 0 aliphatic carbocycles. The molecule has 0 radical (unpaired) electrons. The molecule has 0 spiro atoms. The lowest BCUT2D eigenvalue weighted by Gasteiger charge is -2.29. The van der Waals surface area contributed by atoms with Gasteiger partial charge >= 0.3 is 6.09 Å². The van der Waals surface area contributed by atoms with E-state index in [9.17, 15) is 22.9 Å².